The summed E-state index contributed by atoms with van der Waals surface area (Å²) >= 11 is 0. The monoisotopic (exact) mass is 328 g/mol. The van der Waals surface area contributed by atoms with Crippen LogP contribution in [0.5, 0.6) is 0 Å². The van der Waals surface area contributed by atoms with Crippen LogP contribution < -0.4 is 5.32 Å². The summed E-state index contributed by atoms with van der Waals surface area (Å²) in [7, 11) is -0.918. The highest BCUT2D eigenvalue weighted by Crippen LogP contribution is 2.08. The first-order valence-electron chi connectivity index (χ1n) is 7.40. The summed E-state index contributed by atoms with van der Waals surface area (Å²) in [5.41, 5.74) is 1.10. The Hall–Kier alpha value is -1.41. The third kappa shape index (κ3) is 5.10. The number of carbonyl (C=O) groups is 1. The molecule has 1 aliphatic heterocycles. The molecule has 0 radical (unpaired) electrons. The van der Waals surface area contributed by atoms with Crippen molar-refractivity contribution in [1.82, 2.24) is 20.0 Å². The number of hydrogen-bond acceptors (Lipinski definition) is 4. The van der Waals surface area contributed by atoms with Crippen molar-refractivity contribution in [2.45, 2.75) is 32.5 Å². The second-order valence-corrected chi connectivity index (χ2v) is 7.25. The van der Waals surface area contributed by atoms with Gasteiger partial charge in [0, 0.05) is 41.6 Å². The van der Waals surface area contributed by atoms with Crippen molar-refractivity contribution in [1.29, 1.82) is 0 Å². The van der Waals surface area contributed by atoms with E-state index < -0.39 is 10.8 Å². The lowest BCUT2D eigenvalue weighted by Crippen LogP contribution is -2.52. The fourth-order valence-corrected chi connectivity index (χ4v) is 3.27. The van der Waals surface area contributed by atoms with Gasteiger partial charge in [0.1, 0.15) is 0 Å². The van der Waals surface area contributed by atoms with Crippen molar-refractivity contribution >= 4 is 16.8 Å². The Labute approximate surface area is 133 Å². The number of amides is 2. The van der Waals surface area contributed by atoms with E-state index in [0.717, 1.165) is 5.56 Å². The highest BCUT2D eigenvalue weighted by Gasteiger charge is 2.25. The van der Waals surface area contributed by atoms with Gasteiger partial charge in [-0.1, -0.05) is 0 Å². The van der Waals surface area contributed by atoms with Gasteiger partial charge in [0.05, 0.1) is 32.0 Å². The maximum atomic E-state index is 12.2. The van der Waals surface area contributed by atoms with Crippen LogP contribution in [0.1, 0.15) is 12.5 Å². The molecule has 0 bridgehead atoms. The summed E-state index contributed by atoms with van der Waals surface area (Å²) < 4.78 is 18.7. The number of ether oxygens (including phenoxy) is 1. The van der Waals surface area contributed by atoms with Crippen LogP contribution in [-0.2, 0) is 22.1 Å². The normalized spacial score (nSPS) is 21.4. The molecule has 1 aromatic rings. The molecule has 0 saturated carbocycles. The average Bonchev–Trinajstić information content (AvgIpc) is 2.83. The Bertz CT molecular complexity index is 534. The standard InChI is InChI=1S/C14H24N4O3S/c1-11-6-15-18(7-11)9-13-8-17(4-5-21-13)14(19)16-12(2)10-22(3)20/h6-7,12-13H,4-5,8-10H2,1-3H3,(H,16,19). The average molecular weight is 328 g/mol. The quantitative estimate of drug-likeness (QED) is 0.847. The molecule has 124 valence electrons. The second-order valence-electron chi connectivity index (χ2n) is 5.77. The zero-order valence-electron chi connectivity index (χ0n) is 13.3. The highest BCUT2D eigenvalue weighted by molar-refractivity contribution is 7.84. The van der Waals surface area contributed by atoms with Gasteiger partial charge >= 0.3 is 6.03 Å². The van der Waals surface area contributed by atoms with Gasteiger partial charge in [0.2, 0.25) is 0 Å². The summed E-state index contributed by atoms with van der Waals surface area (Å²) in [5, 5.41) is 7.13. The van der Waals surface area contributed by atoms with Crippen LogP contribution in [0.2, 0.25) is 0 Å². The SMILES string of the molecule is Cc1cnn(CC2CN(C(=O)NC(C)CS(C)=O)CCO2)c1. The number of aryl methyl sites for hydroxylation is 1. The van der Waals surface area contributed by atoms with Crippen molar-refractivity contribution in [2.24, 2.45) is 0 Å². The van der Waals surface area contributed by atoms with E-state index in [-0.39, 0.29) is 18.2 Å². The number of urea groups is 1. The van der Waals surface area contributed by atoms with Crippen molar-refractivity contribution in [3.8, 4) is 0 Å². The number of nitrogens with zero attached hydrogens (tertiary/aromatic N) is 3. The van der Waals surface area contributed by atoms with Crippen LogP contribution in [0.4, 0.5) is 4.79 Å². The van der Waals surface area contributed by atoms with Gasteiger partial charge < -0.3 is 15.0 Å². The Kier molecular flexibility index (Phi) is 5.96. The summed E-state index contributed by atoms with van der Waals surface area (Å²) in [6.07, 6.45) is 5.34. The Balaban J connectivity index is 1.84. The molecule has 2 amide bonds. The minimum Gasteiger partial charge on any atom is -0.373 e. The van der Waals surface area contributed by atoms with E-state index in [1.807, 2.05) is 24.7 Å². The van der Waals surface area contributed by atoms with Crippen LogP contribution in [0.15, 0.2) is 12.4 Å². The van der Waals surface area contributed by atoms with Crippen LogP contribution in [0.3, 0.4) is 0 Å². The Morgan fingerprint density at radius 3 is 3.05 bits per heavy atom. The first kappa shape index (κ1) is 17.0. The largest absolute Gasteiger partial charge is 0.373 e. The predicted molar refractivity (Wildman–Crippen MR) is 85.2 cm³/mol. The minimum absolute atomic E-state index is 0.0607. The molecule has 1 aromatic heterocycles. The number of hydrogen-bond donors (Lipinski definition) is 1. The molecule has 0 spiro atoms. The Morgan fingerprint density at radius 1 is 1.64 bits per heavy atom. The maximum absolute atomic E-state index is 12.2. The van der Waals surface area contributed by atoms with Crippen molar-refractivity contribution in [3.05, 3.63) is 18.0 Å². The lowest BCUT2D eigenvalue weighted by molar-refractivity contribution is -0.0239. The number of morpholine rings is 1. The number of aromatic nitrogens is 2. The smallest absolute Gasteiger partial charge is 0.317 e. The lowest BCUT2D eigenvalue weighted by atomic mass is 10.2. The summed E-state index contributed by atoms with van der Waals surface area (Å²) in [5.74, 6) is 0.464. The molecule has 8 heteroatoms. The first-order valence-corrected chi connectivity index (χ1v) is 9.13. The van der Waals surface area contributed by atoms with E-state index >= 15 is 0 Å². The Morgan fingerprint density at radius 2 is 2.41 bits per heavy atom. The molecular formula is C14H24N4O3S. The number of carbonyl (C=O) groups excluding carboxylic acids is 1. The molecule has 1 aliphatic rings. The molecular weight excluding hydrogens is 304 g/mol. The van der Waals surface area contributed by atoms with Gasteiger partial charge in [-0.3, -0.25) is 8.89 Å². The maximum Gasteiger partial charge on any atom is 0.317 e. The third-order valence-electron chi connectivity index (χ3n) is 3.43. The van der Waals surface area contributed by atoms with Crippen LogP contribution >= 0.6 is 0 Å². The van der Waals surface area contributed by atoms with Gasteiger partial charge in [0.25, 0.3) is 0 Å². The van der Waals surface area contributed by atoms with Crippen LogP contribution in [0, 0.1) is 6.92 Å². The molecule has 1 fully saturated rings. The summed E-state index contributed by atoms with van der Waals surface area (Å²) in [6.45, 7) is 6.11. The van der Waals surface area contributed by atoms with Crippen molar-refractivity contribution < 1.29 is 13.7 Å². The van der Waals surface area contributed by atoms with E-state index in [1.54, 1.807) is 17.4 Å². The number of rotatable bonds is 5. The molecule has 22 heavy (non-hydrogen) atoms. The molecule has 3 atom stereocenters. The zero-order valence-corrected chi connectivity index (χ0v) is 14.1. The van der Waals surface area contributed by atoms with Crippen molar-refractivity contribution in [3.63, 3.8) is 0 Å². The summed E-state index contributed by atoms with van der Waals surface area (Å²) in [6, 6.07) is -0.226. The van der Waals surface area contributed by atoms with E-state index in [9.17, 15) is 9.00 Å². The van der Waals surface area contributed by atoms with Gasteiger partial charge in [-0.25, -0.2) is 4.79 Å². The second kappa shape index (κ2) is 7.73. The first-order chi connectivity index (χ1) is 10.4. The number of nitrogens with one attached hydrogen (secondary N) is 1. The molecule has 0 aromatic carbocycles. The van der Waals surface area contributed by atoms with Gasteiger partial charge in [0.15, 0.2) is 0 Å². The summed E-state index contributed by atoms with van der Waals surface area (Å²) in [4.78, 5) is 14.0. The van der Waals surface area contributed by atoms with Crippen LogP contribution in [0.25, 0.3) is 0 Å². The lowest BCUT2D eigenvalue weighted by Gasteiger charge is -2.33. The van der Waals surface area contributed by atoms with Crippen molar-refractivity contribution in [2.75, 3.05) is 31.7 Å². The fourth-order valence-electron chi connectivity index (χ4n) is 2.49. The topological polar surface area (TPSA) is 76.5 Å². The van der Waals surface area contributed by atoms with Crippen LogP contribution in [-0.4, -0.2) is 68.8 Å². The zero-order chi connectivity index (χ0) is 16.1. The predicted octanol–water partition coefficient (Wildman–Crippen LogP) is 0.369. The fraction of sp³-hybridized carbons (Fsp3) is 0.714. The minimum atomic E-state index is -0.918. The van der Waals surface area contributed by atoms with E-state index in [4.69, 9.17) is 4.74 Å². The van der Waals surface area contributed by atoms with Gasteiger partial charge in [-0.05, 0) is 19.4 Å². The molecule has 2 rings (SSSR count). The van der Waals surface area contributed by atoms with Gasteiger partial charge in [-0.15, -0.1) is 0 Å². The van der Waals surface area contributed by atoms with E-state index in [0.29, 0.717) is 32.0 Å². The molecule has 1 saturated heterocycles. The molecule has 2 heterocycles. The molecule has 3 unspecified atom stereocenters. The molecule has 0 aliphatic carbocycles. The molecule has 7 nitrogen and oxygen atoms in total. The molecule has 1 N–H and O–H groups in total. The van der Waals surface area contributed by atoms with Gasteiger partial charge in [-0.2, -0.15) is 5.10 Å². The third-order valence-corrected chi connectivity index (χ3v) is 4.40. The van der Waals surface area contributed by atoms with E-state index in [1.165, 1.54) is 0 Å². The van der Waals surface area contributed by atoms with E-state index in [2.05, 4.69) is 10.4 Å². The highest BCUT2D eigenvalue weighted by atomic mass is 32.2.